The molecule has 3 unspecified atom stereocenters. The minimum atomic E-state index is -5.08. The largest absolute Gasteiger partial charge is 0.490 e. The third-order valence-electron chi connectivity index (χ3n) is 5.15. The molecule has 0 radical (unpaired) electrons. The summed E-state index contributed by atoms with van der Waals surface area (Å²) >= 11 is 0. The Morgan fingerprint density at radius 3 is 2.43 bits per heavy atom. The third-order valence-corrected chi connectivity index (χ3v) is 5.15. The van der Waals surface area contributed by atoms with Crippen LogP contribution in [0.1, 0.15) is 29.9 Å². The van der Waals surface area contributed by atoms with Crippen molar-refractivity contribution in [3.8, 4) is 5.75 Å². The Bertz CT molecular complexity index is 781. The molecule has 2 fully saturated rings. The lowest BCUT2D eigenvalue weighted by Gasteiger charge is -2.50. The van der Waals surface area contributed by atoms with Crippen LogP contribution in [0, 0.1) is 5.92 Å². The molecule has 2 aromatic rings. The number of rotatable bonds is 4. The van der Waals surface area contributed by atoms with Gasteiger partial charge in [-0.3, -0.25) is 0 Å². The fourth-order valence-electron chi connectivity index (χ4n) is 3.77. The van der Waals surface area contributed by atoms with Gasteiger partial charge < -0.3 is 15.2 Å². The minimum absolute atomic E-state index is 0.639. The fourth-order valence-corrected chi connectivity index (χ4v) is 3.77. The summed E-state index contributed by atoms with van der Waals surface area (Å²) < 4.78 is 37.7. The number of fused-ring (bicyclic) bond motifs is 2. The van der Waals surface area contributed by atoms with Gasteiger partial charge in [-0.2, -0.15) is 13.2 Å². The number of nitrogens with one attached hydrogen (secondary N) is 1. The highest BCUT2D eigenvalue weighted by molar-refractivity contribution is 5.73. The molecule has 0 spiro atoms. The number of ether oxygens (including phenoxy) is 1. The van der Waals surface area contributed by atoms with E-state index in [1.165, 1.54) is 30.5 Å². The SMILES string of the molecule is O=C(O)C(F)(F)F.c1ccc(COc2cccc(C3C4CCNC3C4)c2)cc1. The Morgan fingerprint density at radius 1 is 1.14 bits per heavy atom. The molecular weight excluding hydrogens is 371 g/mol. The lowest BCUT2D eigenvalue weighted by molar-refractivity contribution is -0.192. The standard InChI is InChI=1S/C19H21NO.C2HF3O2/c1-2-5-14(6-3-1)13-21-17-8-4-7-15(11-17)19-16-9-10-20-18(19)12-16;3-2(4,5)1(6)7/h1-8,11,16,18-20H,9-10,12-13H2;(H,6,7). The first-order valence-electron chi connectivity index (χ1n) is 9.15. The van der Waals surface area contributed by atoms with Crippen LogP contribution in [0.3, 0.4) is 0 Å². The molecule has 1 heterocycles. The molecule has 7 heteroatoms. The van der Waals surface area contributed by atoms with Gasteiger partial charge in [-0.25, -0.2) is 4.79 Å². The van der Waals surface area contributed by atoms with Gasteiger partial charge in [-0.05, 0) is 48.6 Å². The molecule has 150 valence electrons. The van der Waals surface area contributed by atoms with Crippen LogP contribution in [0.15, 0.2) is 54.6 Å². The molecule has 1 aliphatic carbocycles. The monoisotopic (exact) mass is 393 g/mol. The molecule has 1 saturated carbocycles. The van der Waals surface area contributed by atoms with E-state index in [9.17, 15) is 13.2 Å². The number of carboxylic acid groups (broad SMARTS) is 1. The number of carboxylic acids is 1. The molecule has 4 rings (SSSR count). The Hall–Kier alpha value is -2.54. The molecule has 28 heavy (non-hydrogen) atoms. The highest BCUT2D eigenvalue weighted by Crippen LogP contribution is 2.47. The molecule has 2 bridgehead atoms. The van der Waals surface area contributed by atoms with Crippen LogP contribution in [0.25, 0.3) is 0 Å². The highest BCUT2D eigenvalue weighted by atomic mass is 19.4. The summed E-state index contributed by atoms with van der Waals surface area (Å²) in [7, 11) is 0. The number of carbonyl (C=O) groups is 1. The van der Waals surface area contributed by atoms with Crippen molar-refractivity contribution in [2.45, 2.75) is 37.6 Å². The number of alkyl halides is 3. The van der Waals surface area contributed by atoms with E-state index in [0.29, 0.717) is 18.6 Å². The first-order chi connectivity index (χ1) is 13.3. The molecule has 3 atom stereocenters. The van der Waals surface area contributed by atoms with Crippen molar-refractivity contribution in [2.75, 3.05) is 6.54 Å². The van der Waals surface area contributed by atoms with Crippen LogP contribution in [-0.2, 0) is 11.4 Å². The first-order valence-corrected chi connectivity index (χ1v) is 9.15. The Balaban J connectivity index is 0.000000279. The maximum Gasteiger partial charge on any atom is 0.490 e. The van der Waals surface area contributed by atoms with Crippen molar-refractivity contribution in [2.24, 2.45) is 5.92 Å². The van der Waals surface area contributed by atoms with Crippen molar-refractivity contribution in [1.82, 2.24) is 5.32 Å². The van der Waals surface area contributed by atoms with Gasteiger partial charge in [0.05, 0.1) is 0 Å². The quantitative estimate of drug-likeness (QED) is 0.810. The summed E-state index contributed by atoms with van der Waals surface area (Å²) in [6.07, 6.45) is -2.42. The summed E-state index contributed by atoms with van der Waals surface area (Å²) in [6.45, 7) is 1.83. The zero-order valence-electron chi connectivity index (χ0n) is 15.2. The van der Waals surface area contributed by atoms with Crippen molar-refractivity contribution >= 4 is 5.97 Å². The van der Waals surface area contributed by atoms with E-state index in [0.717, 1.165) is 11.7 Å². The molecule has 2 aromatic carbocycles. The van der Waals surface area contributed by atoms with Gasteiger partial charge in [0.2, 0.25) is 0 Å². The number of halogens is 3. The predicted octanol–water partition coefficient (Wildman–Crippen LogP) is 4.36. The molecule has 0 aromatic heterocycles. The number of aliphatic carboxylic acids is 1. The number of benzene rings is 2. The van der Waals surface area contributed by atoms with E-state index >= 15 is 0 Å². The van der Waals surface area contributed by atoms with E-state index in [2.05, 4.69) is 53.8 Å². The van der Waals surface area contributed by atoms with Gasteiger partial charge in [0.15, 0.2) is 0 Å². The smallest absolute Gasteiger partial charge is 0.489 e. The minimum Gasteiger partial charge on any atom is -0.489 e. The van der Waals surface area contributed by atoms with E-state index in [1.54, 1.807) is 0 Å². The lowest BCUT2D eigenvalue weighted by Crippen LogP contribution is -2.54. The Morgan fingerprint density at radius 2 is 1.86 bits per heavy atom. The van der Waals surface area contributed by atoms with E-state index in [1.807, 2.05) is 6.07 Å². The van der Waals surface area contributed by atoms with Gasteiger partial charge in [-0.15, -0.1) is 0 Å². The zero-order valence-corrected chi connectivity index (χ0v) is 15.2. The first kappa shape index (κ1) is 20.2. The topological polar surface area (TPSA) is 58.6 Å². The highest BCUT2D eigenvalue weighted by Gasteiger charge is 2.44. The second-order valence-corrected chi connectivity index (χ2v) is 7.02. The third kappa shape index (κ3) is 5.04. The van der Waals surface area contributed by atoms with Crippen LogP contribution in [-0.4, -0.2) is 29.8 Å². The number of piperidine rings is 2. The normalized spacial score (nSPS) is 23.0. The van der Waals surface area contributed by atoms with Crippen LogP contribution < -0.4 is 10.1 Å². The number of hydrogen-bond acceptors (Lipinski definition) is 3. The van der Waals surface area contributed by atoms with Crippen LogP contribution >= 0.6 is 0 Å². The Labute approximate surface area is 161 Å². The summed E-state index contributed by atoms with van der Waals surface area (Å²) in [5.41, 5.74) is 2.65. The van der Waals surface area contributed by atoms with Crippen LogP contribution in [0.2, 0.25) is 0 Å². The second-order valence-electron chi connectivity index (χ2n) is 7.02. The van der Waals surface area contributed by atoms with Gasteiger partial charge >= 0.3 is 12.1 Å². The molecule has 2 N–H and O–H groups in total. The molecular formula is C21H22F3NO3. The van der Waals surface area contributed by atoms with Gasteiger partial charge in [-0.1, -0.05) is 42.5 Å². The predicted molar refractivity (Wildman–Crippen MR) is 98.2 cm³/mol. The van der Waals surface area contributed by atoms with Crippen molar-refractivity contribution in [1.29, 1.82) is 0 Å². The molecule has 4 nitrogen and oxygen atoms in total. The van der Waals surface area contributed by atoms with Crippen molar-refractivity contribution in [3.63, 3.8) is 0 Å². The summed E-state index contributed by atoms with van der Waals surface area (Å²) in [5, 5.41) is 10.8. The van der Waals surface area contributed by atoms with Crippen molar-refractivity contribution in [3.05, 3.63) is 65.7 Å². The lowest BCUT2D eigenvalue weighted by atomic mass is 9.62. The van der Waals surface area contributed by atoms with Gasteiger partial charge in [0.1, 0.15) is 12.4 Å². The van der Waals surface area contributed by atoms with Crippen LogP contribution in [0.4, 0.5) is 13.2 Å². The van der Waals surface area contributed by atoms with Crippen molar-refractivity contribution < 1.29 is 27.8 Å². The summed E-state index contributed by atoms with van der Waals surface area (Å²) in [4.78, 5) is 8.90. The van der Waals surface area contributed by atoms with Gasteiger partial charge in [0.25, 0.3) is 0 Å². The zero-order chi connectivity index (χ0) is 20.1. The maximum atomic E-state index is 10.6. The molecule has 2 aliphatic rings. The second kappa shape index (κ2) is 8.65. The fraction of sp³-hybridized carbons (Fsp3) is 0.381. The van der Waals surface area contributed by atoms with Gasteiger partial charge in [0, 0.05) is 12.0 Å². The number of hydrogen-bond donors (Lipinski definition) is 2. The average molecular weight is 393 g/mol. The van der Waals surface area contributed by atoms with Crippen LogP contribution in [0.5, 0.6) is 5.75 Å². The van der Waals surface area contributed by atoms with E-state index in [-0.39, 0.29) is 0 Å². The molecule has 1 aliphatic heterocycles. The maximum absolute atomic E-state index is 10.6. The average Bonchev–Trinajstić information content (AvgIpc) is 2.68. The Kier molecular flexibility index (Phi) is 6.24. The summed E-state index contributed by atoms with van der Waals surface area (Å²) in [5.74, 6) is -0.200. The van der Waals surface area contributed by atoms with E-state index < -0.39 is 12.1 Å². The summed E-state index contributed by atoms with van der Waals surface area (Å²) in [6, 6.07) is 19.7. The molecule has 1 saturated heterocycles. The molecule has 0 amide bonds. The van der Waals surface area contributed by atoms with E-state index in [4.69, 9.17) is 14.6 Å².